The quantitative estimate of drug-likeness (QED) is 0.771. The molecule has 0 saturated carbocycles. The van der Waals surface area contributed by atoms with Crippen molar-refractivity contribution in [1.82, 2.24) is 5.32 Å². The number of carbonyl (C=O) groups excluding carboxylic acids is 2. The average molecular weight is 345 g/mol. The number of hydrogen-bond donors (Lipinski definition) is 2. The lowest BCUT2D eigenvalue weighted by atomic mass is 9.88. The fourth-order valence-corrected chi connectivity index (χ4v) is 4.51. The Balaban J connectivity index is 1.79. The second kappa shape index (κ2) is 4.55. The third-order valence-electron chi connectivity index (χ3n) is 5.55. The number of allylic oxidation sites excluding steroid dienone is 1. The maximum atomic E-state index is 13.7. The molecule has 2 aromatic carbocycles. The number of fused-ring (bicyclic) bond motifs is 2. The largest absolute Gasteiger partial charge is 0.350 e. The zero-order chi connectivity index (χ0) is 18.3. The van der Waals surface area contributed by atoms with Crippen LogP contribution in [0.1, 0.15) is 42.3 Å². The van der Waals surface area contributed by atoms with Gasteiger partial charge in [-0.3, -0.25) is 14.5 Å². The molecule has 26 heavy (non-hydrogen) atoms. The molecule has 3 aliphatic heterocycles. The average Bonchev–Trinajstić information content (AvgIpc) is 2.83. The van der Waals surface area contributed by atoms with Gasteiger partial charge in [-0.1, -0.05) is 36.4 Å². The SMILES string of the molecule is CC1=CC(C)(C)N2C(=O)[C@@]3(NC(=O)c4ccccc4N3)c3cccc1c32. The lowest BCUT2D eigenvalue weighted by Gasteiger charge is -2.40. The van der Waals surface area contributed by atoms with Crippen LogP contribution in [0.4, 0.5) is 11.4 Å². The van der Waals surface area contributed by atoms with E-state index in [1.165, 1.54) is 0 Å². The number of nitrogens with zero attached hydrogens (tertiary/aromatic N) is 1. The molecule has 0 aliphatic carbocycles. The topological polar surface area (TPSA) is 61.4 Å². The van der Waals surface area contributed by atoms with Crippen molar-refractivity contribution < 1.29 is 9.59 Å². The van der Waals surface area contributed by atoms with Gasteiger partial charge in [0.05, 0.1) is 16.8 Å². The summed E-state index contributed by atoms with van der Waals surface area (Å²) in [4.78, 5) is 28.3. The number of nitrogens with one attached hydrogen (secondary N) is 2. The van der Waals surface area contributed by atoms with Crippen LogP contribution < -0.4 is 15.5 Å². The van der Waals surface area contributed by atoms with Crippen molar-refractivity contribution in [2.24, 2.45) is 0 Å². The van der Waals surface area contributed by atoms with Gasteiger partial charge < -0.3 is 10.6 Å². The van der Waals surface area contributed by atoms with Crippen LogP contribution in [0.2, 0.25) is 0 Å². The number of hydrogen-bond acceptors (Lipinski definition) is 3. The van der Waals surface area contributed by atoms with Crippen molar-refractivity contribution in [2.45, 2.75) is 32.0 Å². The lowest BCUT2D eigenvalue weighted by molar-refractivity contribution is -0.123. The van der Waals surface area contributed by atoms with Crippen LogP contribution in [0.5, 0.6) is 0 Å². The van der Waals surface area contributed by atoms with Crippen LogP contribution in [-0.4, -0.2) is 17.4 Å². The molecule has 3 aliphatic rings. The molecule has 0 bridgehead atoms. The molecule has 2 N–H and O–H groups in total. The predicted molar refractivity (Wildman–Crippen MR) is 101 cm³/mol. The van der Waals surface area contributed by atoms with Crippen molar-refractivity contribution in [3.05, 3.63) is 65.2 Å². The molecular formula is C21H19N3O2. The van der Waals surface area contributed by atoms with Crippen molar-refractivity contribution in [1.29, 1.82) is 0 Å². The summed E-state index contributed by atoms with van der Waals surface area (Å²) in [7, 11) is 0. The van der Waals surface area contributed by atoms with Gasteiger partial charge in [0.2, 0.25) is 5.66 Å². The number of carbonyl (C=O) groups is 2. The minimum absolute atomic E-state index is 0.156. The molecule has 2 amide bonds. The summed E-state index contributed by atoms with van der Waals surface area (Å²) in [5.74, 6) is -0.399. The maximum absolute atomic E-state index is 13.7. The van der Waals surface area contributed by atoms with E-state index in [-0.39, 0.29) is 11.8 Å². The Kier molecular flexibility index (Phi) is 2.66. The van der Waals surface area contributed by atoms with Crippen LogP contribution in [0.15, 0.2) is 48.5 Å². The molecule has 5 heteroatoms. The summed E-state index contributed by atoms with van der Waals surface area (Å²) in [5, 5.41) is 6.30. The third kappa shape index (κ3) is 1.65. The predicted octanol–water partition coefficient (Wildman–Crippen LogP) is 3.24. The summed E-state index contributed by atoms with van der Waals surface area (Å²) < 4.78 is 0. The number of benzene rings is 2. The first-order valence-corrected chi connectivity index (χ1v) is 8.73. The first-order valence-electron chi connectivity index (χ1n) is 8.73. The molecule has 1 spiro atoms. The van der Waals surface area contributed by atoms with E-state index in [9.17, 15) is 9.59 Å². The van der Waals surface area contributed by atoms with Gasteiger partial charge in [-0.25, -0.2) is 0 Å². The molecule has 0 unspecified atom stereocenters. The van der Waals surface area contributed by atoms with Crippen LogP contribution in [-0.2, 0) is 10.5 Å². The molecule has 5 rings (SSSR count). The molecule has 0 saturated heterocycles. The maximum Gasteiger partial charge on any atom is 0.279 e. The van der Waals surface area contributed by atoms with Gasteiger partial charge in [0.15, 0.2) is 0 Å². The summed E-state index contributed by atoms with van der Waals surface area (Å²) in [6.07, 6.45) is 2.11. The van der Waals surface area contributed by atoms with E-state index in [0.29, 0.717) is 11.3 Å². The van der Waals surface area contributed by atoms with Crippen molar-refractivity contribution in [3.63, 3.8) is 0 Å². The molecule has 0 aromatic heterocycles. The monoisotopic (exact) mass is 345 g/mol. The van der Waals surface area contributed by atoms with E-state index in [0.717, 1.165) is 22.4 Å². The standard InChI is InChI=1S/C21H19N3O2/c1-12-11-20(2,3)24-17-13(12)8-6-9-15(17)21(19(24)26)22-16-10-5-4-7-14(16)18(25)23-21/h4-11,22H,1-3H3,(H,23,25)/t21-/m0/s1. The van der Waals surface area contributed by atoms with Gasteiger partial charge in [0, 0.05) is 16.8 Å². The van der Waals surface area contributed by atoms with Crippen LogP contribution in [0.25, 0.3) is 5.57 Å². The van der Waals surface area contributed by atoms with E-state index in [4.69, 9.17) is 0 Å². The minimum atomic E-state index is -1.27. The number of rotatable bonds is 0. The van der Waals surface area contributed by atoms with E-state index in [1.54, 1.807) is 6.07 Å². The first kappa shape index (κ1) is 15.2. The summed E-state index contributed by atoms with van der Waals surface area (Å²) in [6.45, 7) is 6.10. The highest BCUT2D eigenvalue weighted by Crippen LogP contribution is 2.51. The second-order valence-electron chi connectivity index (χ2n) is 7.70. The van der Waals surface area contributed by atoms with Crippen LogP contribution in [0.3, 0.4) is 0 Å². The molecule has 0 radical (unpaired) electrons. The van der Waals surface area contributed by atoms with Gasteiger partial charge in [0.25, 0.3) is 11.8 Å². The first-order chi connectivity index (χ1) is 12.3. The zero-order valence-electron chi connectivity index (χ0n) is 14.9. The minimum Gasteiger partial charge on any atom is -0.350 e. The zero-order valence-corrected chi connectivity index (χ0v) is 14.9. The molecule has 130 valence electrons. The fourth-order valence-electron chi connectivity index (χ4n) is 4.51. The van der Waals surface area contributed by atoms with Gasteiger partial charge in [-0.15, -0.1) is 0 Å². The molecule has 5 nitrogen and oxygen atoms in total. The van der Waals surface area contributed by atoms with E-state index in [1.807, 2.05) is 55.1 Å². The molecule has 0 fully saturated rings. The molecule has 1 atom stereocenters. The number of amides is 2. The Morgan fingerprint density at radius 3 is 2.46 bits per heavy atom. The van der Waals surface area contributed by atoms with Crippen molar-refractivity contribution in [2.75, 3.05) is 10.2 Å². The van der Waals surface area contributed by atoms with E-state index in [2.05, 4.69) is 23.6 Å². The Hall–Kier alpha value is -3.08. The van der Waals surface area contributed by atoms with Gasteiger partial charge in [0.1, 0.15) is 0 Å². The summed E-state index contributed by atoms with van der Waals surface area (Å²) >= 11 is 0. The highest BCUT2D eigenvalue weighted by atomic mass is 16.2. The Labute approximate surface area is 151 Å². The van der Waals surface area contributed by atoms with Crippen LogP contribution in [0, 0.1) is 0 Å². The Bertz CT molecular complexity index is 1040. The van der Waals surface area contributed by atoms with Crippen molar-refractivity contribution in [3.8, 4) is 0 Å². The number of anilines is 2. The smallest absolute Gasteiger partial charge is 0.279 e. The van der Waals surface area contributed by atoms with E-state index < -0.39 is 11.2 Å². The highest BCUT2D eigenvalue weighted by molar-refractivity contribution is 6.18. The molecule has 3 heterocycles. The van der Waals surface area contributed by atoms with Gasteiger partial charge in [-0.2, -0.15) is 0 Å². The third-order valence-corrected chi connectivity index (χ3v) is 5.55. The van der Waals surface area contributed by atoms with Crippen molar-refractivity contribution >= 4 is 28.8 Å². The summed E-state index contributed by atoms with van der Waals surface area (Å²) in [6, 6.07) is 13.2. The van der Waals surface area contributed by atoms with Gasteiger partial charge in [-0.05, 0) is 38.5 Å². The lowest BCUT2D eigenvalue weighted by Crippen LogP contribution is -2.62. The molecular weight excluding hydrogens is 326 g/mol. The number of para-hydroxylation sites is 2. The fraction of sp³-hybridized carbons (Fsp3) is 0.238. The Morgan fingerprint density at radius 1 is 0.923 bits per heavy atom. The normalized spacial score (nSPS) is 24.6. The second-order valence-corrected chi connectivity index (χ2v) is 7.70. The highest BCUT2D eigenvalue weighted by Gasteiger charge is 2.58. The van der Waals surface area contributed by atoms with Gasteiger partial charge >= 0.3 is 0 Å². The van der Waals surface area contributed by atoms with E-state index >= 15 is 0 Å². The Morgan fingerprint density at radius 2 is 1.65 bits per heavy atom. The summed E-state index contributed by atoms with van der Waals surface area (Å²) in [5.41, 5.74) is 3.31. The molecule has 2 aromatic rings. The van der Waals surface area contributed by atoms with Crippen LogP contribution >= 0.6 is 0 Å².